The number of sulfonamides is 1. The van der Waals surface area contributed by atoms with Crippen LogP contribution < -0.4 is 5.73 Å². The molecule has 1 aliphatic rings. The fraction of sp³-hybridized carbons (Fsp3) is 0.538. The highest BCUT2D eigenvalue weighted by atomic mass is 32.2. The first-order chi connectivity index (χ1) is 10.1. The van der Waals surface area contributed by atoms with Crippen LogP contribution in [0.3, 0.4) is 0 Å². The lowest BCUT2D eigenvalue weighted by Gasteiger charge is -2.41. The van der Waals surface area contributed by atoms with Crippen molar-refractivity contribution in [1.29, 1.82) is 0 Å². The largest absolute Gasteiger partial charge is 0.327 e. The molecule has 0 bridgehead atoms. The smallest absolute Gasteiger partial charge is 0.324 e. The Kier molecular flexibility index (Phi) is 4.24. The topological polar surface area (TPSA) is 107 Å². The van der Waals surface area contributed by atoms with Crippen molar-refractivity contribution in [3.05, 3.63) is 34.1 Å². The minimum absolute atomic E-state index is 0.129. The first kappa shape index (κ1) is 16.8. The Morgan fingerprint density at radius 1 is 1.45 bits per heavy atom. The van der Waals surface area contributed by atoms with E-state index in [0.717, 1.165) is 22.5 Å². The van der Waals surface area contributed by atoms with Crippen LogP contribution in [0.2, 0.25) is 0 Å². The Bertz CT molecular complexity index is 705. The summed E-state index contributed by atoms with van der Waals surface area (Å²) in [5.41, 5.74) is 4.49. The molecule has 1 heterocycles. The van der Waals surface area contributed by atoms with Gasteiger partial charge in [0.25, 0.3) is 0 Å². The Labute approximate surface area is 128 Å². The van der Waals surface area contributed by atoms with Gasteiger partial charge in [-0.15, -0.1) is 0 Å². The summed E-state index contributed by atoms with van der Waals surface area (Å²) >= 11 is 0. The highest BCUT2D eigenvalue weighted by Crippen LogP contribution is 2.34. The van der Waals surface area contributed by atoms with E-state index in [1.165, 1.54) is 0 Å². The Hall–Kier alpha value is -1.58. The van der Waals surface area contributed by atoms with Gasteiger partial charge in [0.1, 0.15) is 0 Å². The van der Waals surface area contributed by atoms with Crippen molar-refractivity contribution in [1.82, 2.24) is 4.31 Å². The molecule has 1 fully saturated rings. The number of para-hydroxylation sites is 1. The summed E-state index contributed by atoms with van der Waals surface area (Å²) in [6, 6.07) is 2.91. The van der Waals surface area contributed by atoms with E-state index in [1.54, 1.807) is 0 Å². The molecule has 2 N–H and O–H groups in total. The second kappa shape index (κ2) is 5.56. The number of nitrogens with two attached hydrogens (primary N) is 1. The summed E-state index contributed by atoms with van der Waals surface area (Å²) in [5, 5.41) is 11.0. The molecule has 1 atom stereocenters. The number of piperidine rings is 1. The third-order valence-electron chi connectivity index (χ3n) is 4.03. The first-order valence-corrected chi connectivity index (χ1v) is 8.20. The van der Waals surface area contributed by atoms with Gasteiger partial charge in [0.2, 0.25) is 15.8 Å². The minimum Gasteiger partial charge on any atom is -0.327 e. The zero-order chi connectivity index (χ0) is 16.7. The molecule has 1 aromatic carbocycles. The minimum atomic E-state index is -4.16. The molecule has 0 aromatic heterocycles. The second-order valence-electron chi connectivity index (χ2n) is 6.07. The van der Waals surface area contributed by atoms with Gasteiger partial charge in [-0.1, -0.05) is 19.9 Å². The summed E-state index contributed by atoms with van der Waals surface area (Å²) < 4.78 is 40.2. The average molecular weight is 331 g/mol. The van der Waals surface area contributed by atoms with E-state index in [0.29, 0.717) is 6.42 Å². The molecule has 1 aromatic rings. The molecule has 1 unspecified atom stereocenters. The van der Waals surface area contributed by atoms with Crippen molar-refractivity contribution < 1.29 is 17.7 Å². The van der Waals surface area contributed by atoms with E-state index in [1.807, 2.05) is 13.8 Å². The molecule has 0 spiro atoms. The lowest BCUT2D eigenvalue weighted by atomic mass is 9.81. The molecular weight excluding hydrogens is 313 g/mol. The van der Waals surface area contributed by atoms with Gasteiger partial charge in [0.15, 0.2) is 4.90 Å². The van der Waals surface area contributed by atoms with Crippen molar-refractivity contribution in [2.45, 2.75) is 31.2 Å². The predicted molar refractivity (Wildman–Crippen MR) is 78.2 cm³/mol. The quantitative estimate of drug-likeness (QED) is 0.667. The second-order valence-corrected chi connectivity index (χ2v) is 7.97. The number of nitro groups is 1. The van der Waals surface area contributed by atoms with E-state index in [-0.39, 0.29) is 19.1 Å². The van der Waals surface area contributed by atoms with Gasteiger partial charge < -0.3 is 5.73 Å². The standard InChI is InChI=1S/C13H18FN3O4S/c1-13(2)8-16(7-6-11(13)15)22(20,21)10-5-3-4-9(14)12(10)17(18)19/h3-5,11H,6-8,15H2,1-2H3. The molecule has 122 valence electrons. The molecule has 22 heavy (non-hydrogen) atoms. The van der Waals surface area contributed by atoms with Crippen LogP contribution in [0.1, 0.15) is 20.3 Å². The van der Waals surface area contributed by atoms with Crippen molar-refractivity contribution >= 4 is 15.7 Å². The SMILES string of the molecule is CC1(C)CN(S(=O)(=O)c2cccc(F)c2[N+](=O)[O-])CCC1N. The van der Waals surface area contributed by atoms with Crippen molar-refractivity contribution in [3.8, 4) is 0 Å². The molecule has 0 aliphatic carbocycles. The lowest BCUT2D eigenvalue weighted by molar-refractivity contribution is -0.390. The zero-order valence-electron chi connectivity index (χ0n) is 12.3. The van der Waals surface area contributed by atoms with Gasteiger partial charge in [-0.25, -0.2) is 8.42 Å². The average Bonchev–Trinajstić information content (AvgIpc) is 2.40. The predicted octanol–water partition coefficient (Wildman–Crippen LogP) is 1.48. The molecule has 0 radical (unpaired) electrons. The summed E-state index contributed by atoms with van der Waals surface area (Å²) in [6.45, 7) is 3.95. The maximum atomic E-state index is 13.7. The van der Waals surface area contributed by atoms with E-state index >= 15 is 0 Å². The van der Waals surface area contributed by atoms with Gasteiger partial charge in [-0.2, -0.15) is 8.70 Å². The number of hydrogen-bond acceptors (Lipinski definition) is 5. The van der Waals surface area contributed by atoms with Crippen molar-refractivity contribution in [2.75, 3.05) is 13.1 Å². The maximum Gasteiger partial charge on any atom is 0.324 e. The third-order valence-corrected chi connectivity index (χ3v) is 5.90. The lowest BCUT2D eigenvalue weighted by Crippen LogP contribution is -2.53. The summed E-state index contributed by atoms with van der Waals surface area (Å²) in [5.74, 6) is -1.17. The van der Waals surface area contributed by atoms with Crippen LogP contribution in [-0.2, 0) is 10.0 Å². The van der Waals surface area contributed by atoms with Crippen LogP contribution in [-0.4, -0.2) is 36.8 Å². The normalized spacial score (nSPS) is 22.5. The van der Waals surface area contributed by atoms with Crippen molar-refractivity contribution in [2.24, 2.45) is 11.1 Å². The van der Waals surface area contributed by atoms with Crippen LogP contribution in [0.5, 0.6) is 0 Å². The highest BCUT2D eigenvalue weighted by molar-refractivity contribution is 7.89. The summed E-state index contributed by atoms with van der Waals surface area (Å²) in [6.07, 6.45) is 0.440. The Morgan fingerprint density at radius 3 is 2.64 bits per heavy atom. The fourth-order valence-corrected chi connectivity index (χ4v) is 4.34. The fourth-order valence-electron chi connectivity index (χ4n) is 2.55. The molecule has 0 saturated carbocycles. The van der Waals surface area contributed by atoms with E-state index in [4.69, 9.17) is 5.73 Å². The van der Waals surface area contributed by atoms with E-state index in [9.17, 15) is 22.9 Å². The molecule has 0 amide bonds. The van der Waals surface area contributed by atoms with E-state index < -0.39 is 36.8 Å². The maximum absolute atomic E-state index is 13.7. The third kappa shape index (κ3) is 2.83. The van der Waals surface area contributed by atoms with Gasteiger partial charge in [0.05, 0.1) is 4.92 Å². The molecule has 2 rings (SSSR count). The van der Waals surface area contributed by atoms with Crippen LogP contribution >= 0.6 is 0 Å². The number of nitro benzene ring substituents is 1. The Morgan fingerprint density at radius 2 is 2.09 bits per heavy atom. The van der Waals surface area contributed by atoms with Gasteiger partial charge in [-0.3, -0.25) is 10.1 Å². The molecular formula is C13H18FN3O4S. The number of hydrogen-bond donors (Lipinski definition) is 1. The highest BCUT2D eigenvalue weighted by Gasteiger charge is 2.41. The van der Waals surface area contributed by atoms with Crippen LogP contribution in [0.25, 0.3) is 0 Å². The molecule has 9 heteroatoms. The number of benzene rings is 1. The monoisotopic (exact) mass is 331 g/mol. The zero-order valence-corrected chi connectivity index (χ0v) is 13.1. The molecule has 1 saturated heterocycles. The van der Waals surface area contributed by atoms with Crippen molar-refractivity contribution in [3.63, 3.8) is 0 Å². The van der Waals surface area contributed by atoms with Gasteiger partial charge >= 0.3 is 5.69 Å². The van der Waals surface area contributed by atoms with Gasteiger partial charge in [0, 0.05) is 19.1 Å². The summed E-state index contributed by atoms with van der Waals surface area (Å²) in [7, 11) is -4.16. The van der Waals surface area contributed by atoms with E-state index in [2.05, 4.69) is 0 Å². The Balaban J connectivity index is 2.49. The van der Waals surface area contributed by atoms with Crippen LogP contribution in [0.15, 0.2) is 23.1 Å². The molecule has 1 aliphatic heterocycles. The first-order valence-electron chi connectivity index (χ1n) is 6.76. The molecule has 7 nitrogen and oxygen atoms in total. The number of rotatable bonds is 3. The van der Waals surface area contributed by atoms with Crippen LogP contribution in [0, 0.1) is 21.3 Å². The van der Waals surface area contributed by atoms with Gasteiger partial charge in [-0.05, 0) is 24.0 Å². The number of nitrogens with zero attached hydrogens (tertiary/aromatic N) is 2. The van der Waals surface area contributed by atoms with Crippen LogP contribution in [0.4, 0.5) is 10.1 Å². The number of halogens is 1. The summed E-state index contributed by atoms with van der Waals surface area (Å²) in [4.78, 5) is 9.38.